The zero-order chi connectivity index (χ0) is 36.0. The average Bonchev–Trinajstić information content (AvgIpc) is 3.46. The molecule has 3 aliphatic rings. The quantitative estimate of drug-likeness (QED) is 0.190. The lowest BCUT2D eigenvalue weighted by atomic mass is 9.73. The number of fused-ring (bicyclic) bond motifs is 3. The molecule has 0 bridgehead atoms. The van der Waals surface area contributed by atoms with Gasteiger partial charge in [-0.15, -0.1) is 11.3 Å². The molecule has 3 aliphatic heterocycles. The van der Waals surface area contributed by atoms with E-state index >= 15 is 0 Å². The maximum absolute atomic E-state index is 14.5. The average molecular weight is 717 g/mol. The molecule has 10 nitrogen and oxygen atoms in total. The molecule has 6 heterocycles. The predicted octanol–water partition coefficient (Wildman–Crippen LogP) is 7.29. The highest BCUT2D eigenvalue weighted by molar-refractivity contribution is 7.19. The third-order valence-corrected chi connectivity index (χ3v) is 11.3. The summed E-state index contributed by atoms with van der Waals surface area (Å²) in [6, 6.07) is 20.6. The Morgan fingerprint density at radius 3 is 2.48 bits per heavy atom. The van der Waals surface area contributed by atoms with E-state index in [2.05, 4.69) is 20.5 Å². The Labute approximate surface area is 304 Å². The van der Waals surface area contributed by atoms with Crippen LogP contribution in [0.3, 0.4) is 0 Å². The summed E-state index contributed by atoms with van der Waals surface area (Å²) >= 11 is 1.35. The van der Waals surface area contributed by atoms with E-state index in [9.17, 15) is 18.8 Å². The molecule has 12 heteroatoms. The molecule has 5 aromatic rings. The van der Waals surface area contributed by atoms with Crippen LogP contribution in [0.4, 0.5) is 26.6 Å². The van der Waals surface area contributed by atoms with E-state index in [1.807, 2.05) is 31.2 Å². The topological polar surface area (TPSA) is 117 Å². The van der Waals surface area contributed by atoms with Crippen LogP contribution in [0.15, 0.2) is 79.0 Å². The van der Waals surface area contributed by atoms with Crippen LogP contribution in [0.2, 0.25) is 0 Å². The number of ether oxygens (including phenoxy) is 1. The fraction of sp³-hybridized carbons (Fsp3) is 0.275. The Morgan fingerprint density at radius 2 is 1.71 bits per heavy atom. The van der Waals surface area contributed by atoms with Crippen LogP contribution in [0.5, 0.6) is 0 Å². The number of benzene rings is 2. The van der Waals surface area contributed by atoms with Crippen LogP contribution in [-0.2, 0) is 11.2 Å². The number of carbonyl (C=O) groups excluding carboxylic acids is 3. The van der Waals surface area contributed by atoms with E-state index in [1.165, 1.54) is 17.4 Å². The van der Waals surface area contributed by atoms with Gasteiger partial charge < -0.3 is 25.2 Å². The first kappa shape index (κ1) is 33.7. The summed E-state index contributed by atoms with van der Waals surface area (Å²) < 4.78 is 20.0. The van der Waals surface area contributed by atoms with Crippen molar-refractivity contribution in [2.75, 3.05) is 53.3 Å². The van der Waals surface area contributed by atoms with Gasteiger partial charge in [0.1, 0.15) is 17.3 Å². The summed E-state index contributed by atoms with van der Waals surface area (Å²) in [6.45, 7) is 7.28. The summed E-state index contributed by atoms with van der Waals surface area (Å²) in [7, 11) is 0. The molecule has 8 rings (SSSR count). The number of anilines is 4. The van der Waals surface area contributed by atoms with Crippen molar-refractivity contribution >= 4 is 51.3 Å². The molecule has 0 unspecified atom stereocenters. The van der Waals surface area contributed by atoms with Crippen LogP contribution >= 0.6 is 11.3 Å². The van der Waals surface area contributed by atoms with Gasteiger partial charge in [-0.1, -0.05) is 12.1 Å². The molecule has 0 radical (unpaired) electrons. The highest BCUT2D eigenvalue weighted by Gasteiger charge is 2.45. The van der Waals surface area contributed by atoms with Gasteiger partial charge in [0.15, 0.2) is 0 Å². The summed E-state index contributed by atoms with van der Waals surface area (Å²) in [4.78, 5) is 54.7. The van der Waals surface area contributed by atoms with Gasteiger partial charge in [0.25, 0.3) is 17.7 Å². The number of halogens is 1. The number of amides is 3. The predicted molar refractivity (Wildman–Crippen MR) is 200 cm³/mol. The number of carbonyl (C=O) groups is 3. The monoisotopic (exact) mass is 716 g/mol. The van der Waals surface area contributed by atoms with E-state index in [0.29, 0.717) is 57.5 Å². The van der Waals surface area contributed by atoms with Crippen molar-refractivity contribution in [3.63, 3.8) is 0 Å². The fourth-order valence-electron chi connectivity index (χ4n) is 7.37. The second-order valence-corrected chi connectivity index (χ2v) is 14.8. The van der Waals surface area contributed by atoms with Crippen molar-refractivity contribution in [2.24, 2.45) is 5.41 Å². The molecule has 1 spiro atoms. The lowest BCUT2D eigenvalue weighted by Gasteiger charge is -2.53. The molecule has 3 aromatic heterocycles. The maximum atomic E-state index is 14.5. The zero-order valence-electron chi connectivity index (χ0n) is 28.9. The van der Waals surface area contributed by atoms with Gasteiger partial charge in [0, 0.05) is 61.4 Å². The number of thiophene rings is 1. The van der Waals surface area contributed by atoms with Crippen molar-refractivity contribution in [1.82, 2.24) is 9.97 Å². The SMILES string of the molecule is Cc1ccc(C(=O)Nc2ccc(C(=O)N3CCc4cc(NC(=O)c5c(C)cccc5F)sc4-c4ncccc43)cc2)c(N2CC3(CCOCC3)C2)n1. The van der Waals surface area contributed by atoms with Gasteiger partial charge in [0.2, 0.25) is 0 Å². The number of aryl methyl sites for hydroxylation is 2. The normalized spacial score (nSPS) is 16.0. The van der Waals surface area contributed by atoms with E-state index in [1.54, 1.807) is 60.5 Å². The molecule has 0 aliphatic carbocycles. The minimum absolute atomic E-state index is 0.0131. The molecule has 2 N–H and O–H groups in total. The van der Waals surface area contributed by atoms with Crippen molar-refractivity contribution < 1.29 is 23.5 Å². The molecule has 0 saturated carbocycles. The highest BCUT2D eigenvalue weighted by atomic mass is 32.1. The first-order valence-electron chi connectivity index (χ1n) is 17.4. The van der Waals surface area contributed by atoms with Crippen molar-refractivity contribution in [1.29, 1.82) is 0 Å². The molecule has 2 saturated heterocycles. The van der Waals surface area contributed by atoms with Gasteiger partial charge in [0.05, 0.1) is 26.7 Å². The number of hydrogen-bond donors (Lipinski definition) is 2. The molecule has 264 valence electrons. The van der Waals surface area contributed by atoms with E-state index in [-0.39, 0.29) is 22.8 Å². The lowest BCUT2D eigenvalue weighted by molar-refractivity contribution is -0.000519. The number of pyridine rings is 2. The van der Waals surface area contributed by atoms with E-state index in [0.717, 1.165) is 55.3 Å². The standard InChI is InChI=1S/C40H37FN6O4S/c1-24-5-3-6-30(41)33(24)38(49)45-32-21-27-14-18-47(31-7-4-17-42-34(31)35(27)52-32)39(50)26-9-11-28(12-10-26)44-37(48)29-13-8-25(2)43-36(29)46-22-40(23-46)15-19-51-20-16-40/h3-13,17,21H,14-16,18-20,22-23H2,1-2H3,(H,44,48)(H,45,49). The van der Waals surface area contributed by atoms with E-state index < -0.39 is 11.7 Å². The molecule has 2 fully saturated rings. The number of aromatic nitrogens is 2. The van der Waals surface area contributed by atoms with Gasteiger partial charge in [-0.2, -0.15) is 0 Å². The summed E-state index contributed by atoms with van der Waals surface area (Å²) in [5.74, 6) is -0.849. The van der Waals surface area contributed by atoms with Gasteiger partial charge in [-0.3, -0.25) is 19.4 Å². The highest BCUT2D eigenvalue weighted by Crippen LogP contribution is 2.44. The number of nitrogens with one attached hydrogen (secondary N) is 2. The second-order valence-electron chi connectivity index (χ2n) is 13.8. The van der Waals surface area contributed by atoms with Crippen LogP contribution < -0.4 is 20.4 Å². The van der Waals surface area contributed by atoms with Crippen LogP contribution in [0, 0.1) is 25.1 Å². The minimum atomic E-state index is -0.573. The Balaban J connectivity index is 0.971. The molecule has 3 amide bonds. The molecular formula is C40H37FN6O4S. The number of rotatable bonds is 6. The van der Waals surface area contributed by atoms with Crippen LogP contribution in [0.25, 0.3) is 10.6 Å². The lowest BCUT2D eigenvalue weighted by Crippen LogP contribution is -2.59. The fourth-order valence-corrected chi connectivity index (χ4v) is 8.48. The largest absolute Gasteiger partial charge is 0.381 e. The smallest absolute Gasteiger partial charge is 0.259 e. The summed E-state index contributed by atoms with van der Waals surface area (Å²) in [5, 5.41) is 6.43. The third-order valence-electron chi connectivity index (χ3n) is 10.2. The molecule has 52 heavy (non-hydrogen) atoms. The minimum Gasteiger partial charge on any atom is -0.381 e. The Morgan fingerprint density at radius 1 is 0.923 bits per heavy atom. The van der Waals surface area contributed by atoms with Gasteiger partial charge in [-0.05, 0) is 105 Å². The second kappa shape index (κ2) is 13.6. The van der Waals surface area contributed by atoms with Crippen LogP contribution in [-0.4, -0.2) is 60.5 Å². The molecule has 0 atom stereocenters. The third kappa shape index (κ3) is 6.33. The molecular weight excluding hydrogens is 680 g/mol. The summed E-state index contributed by atoms with van der Waals surface area (Å²) in [6.07, 6.45) is 4.24. The number of hydrogen-bond acceptors (Lipinski definition) is 8. The first-order valence-corrected chi connectivity index (χ1v) is 18.2. The Kier molecular flexibility index (Phi) is 8.80. The molecule has 2 aromatic carbocycles. The van der Waals surface area contributed by atoms with Crippen molar-refractivity contribution in [2.45, 2.75) is 33.1 Å². The zero-order valence-corrected chi connectivity index (χ0v) is 29.7. The first-order chi connectivity index (χ1) is 25.2. The number of nitrogens with zero attached hydrogens (tertiary/aromatic N) is 4. The maximum Gasteiger partial charge on any atom is 0.259 e. The van der Waals surface area contributed by atoms with Crippen molar-refractivity contribution in [3.05, 3.63) is 118 Å². The van der Waals surface area contributed by atoms with Crippen LogP contribution in [0.1, 0.15) is 60.7 Å². The Bertz CT molecular complexity index is 2190. The van der Waals surface area contributed by atoms with Gasteiger partial charge in [-0.25, -0.2) is 9.37 Å². The Hall–Kier alpha value is -5.46. The van der Waals surface area contributed by atoms with E-state index in [4.69, 9.17) is 9.72 Å². The van der Waals surface area contributed by atoms with Gasteiger partial charge >= 0.3 is 0 Å². The van der Waals surface area contributed by atoms with Crippen molar-refractivity contribution in [3.8, 4) is 10.6 Å². The summed E-state index contributed by atoms with van der Waals surface area (Å²) in [5.41, 5.74) is 5.42.